The quantitative estimate of drug-likeness (QED) is 0.911. The number of carbonyl (C=O) groups excluding carboxylic acids is 1. The van der Waals surface area contributed by atoms with Crippen LogP contribution >= 0.6 is 0 Å². The number of hydrogen-bond donors (Lipinski definition) is 1. The molecular weight excluding hydrogens is 315 g/mol. The number of anilines is 1. The lowest BCUT2D eigenvalue weighted by Crippen LogP contribution is -2.29. The van der Waals surface area contributed by atoms with Crippen LogP contribution in [0.25, 0.3) is 0 Å². The van der Waals surface area contributed by atoms with E-state index in [0.717, 1.165) is 22.4 Å². The van der Waals surface area contributed by atoms with Gasteiger partial charge in [0.2, 0.25) is 5.91 Å². The lowest BCUT2D eigenvalue weighted by atomic mass is 9.97. The molecule has 0 radical (unpaired) electrons. The number of rotatable bonds is 5. The van der Waals surface area contributed by atoms with Crippen LogP contribution < -0.4 is 19.7 Å². The van der Waals surface area contributed by atoms with E-state index in [1.165, 1.54) is 0 Å². The van der Waals surface area contributed by atoms with E-state index >= 15 is 0 Å². The molecule has 5 nitrogen and oxygen atoms in total. The number of fused-ring (bicyclic) bond motifs is 1. The van der Waals surface area contributed by atoms with Crippen molar-refractivity contribution < 1.29 is 14.3 Å². The summed E-state index contributed by atoms with van der Waals surface area (Å²) >= 11 is 0. The van der Waals surface area contributed by atoms with E-state index in [9.17, 15) is 4.79 Å². The molecule has 5 heteroatoms. The van der Waals surface area contributed by atoms with Gasteiger partial charge in [-0.25, -0.2) is 0 Å². The molecule has 2 aromatic rings. The summed E-state index contributed by atoms with van der Waals surface area (Å²) < 4.78 is 10.7. The van der Waals surface area contributed by atoms with Gasteiger partial charge in [-0.3, -0.25) is 4.79 Å². The Morgan fingerprint density at radius 2 is 1.80 bits per heavy atom. The summed E-state index contributed by atoms with van der Waals surface area (Å²) in [6.45, 7) is 0.513. The minimum absolute atomic E-state index is 0.0591. The van der Waals surface area contributed by atoms with Crippen LogP contribution in [0, 0.1) is 0 Å². The van der Waals surface area contributed by atoms with Crippen LogP contribution in [0.2, 0.25) is 0 Å². The van der Waals surface area contributed by atoms with E-state index in [2.05, 4.69) is 5.32 Å². The molecule has 2 aromatic carbocycles. The maximum atomic E-state index is 12.5. The third-order valence-corrected chi connectivity index (χ3v) is 4.28. The third-order valence-electron chi connectivity index (χ3n) is 4.28. The third kappa shape index (κ3) is 3.60. The molecule has 0 unspecified atom stereocenters. The van der Waals surface area contributed by atoms with Gasteiger partial charge in [0, 0.05) is 43.5 Å². The fourth-order valence-corrected chi connectivity index (χ4v) is 2.97. The highest BCUT2D eigenvalue weighted by atomic mass is 16.5. The first-order chi connectivity index (χ1) is 12.1. The van der Waals surface area contributed by atoms with E-state index in [1.807, 2.05) is 60.6 Å². The number of nitrogens with one attached hydrogen (secondary N) is 1. The van der Waals surface area contributed by atoms with Gasteiger partial charge in [-0.2, -0.15) is 0 Å². The number of amides is 1. The predicted molar refractivity (Wildman–Crippen MR) is 98.0 cm³/mol. The Bertz CT molecular complexity index is 800. The second-order valence-electron chi connectivity index (χ2n) is 5.95. The van der Waals surface area contributed by atoms with Crippen molar-refractivity contribution in [3.63, 3.8) is 0 Å². The van der Waals surface area contributed by atoms with Gasteiger partial charge in [0.05, 0.1) is 14.2 Å². The normalized spacial score (nSPS) is 12.9. The Labute approximate surface area is 147 Å². The zero-order chi connectivity index (χ0) is 17.8. The highest BCUT2D eigenvalue weighted by Crippen LogP contribution is 2.38. The molecule has 25 heavy (non-hydrogen) atoms. The summed E-state index contributed by atoms with van der Waals surface area (Å²) in [5, 5.41) is 2.98. The molecule has 130 valence electrons. The second-order valence-corrected chi connectivity index (χ2v) is 5.95. The minimum atomic E-state index is -0.0591. The van der Waals surface area contributed by atoms with E-state index in [4.69, 9.17) is 9.47 Å². The van der Waals surface area contributed by atoms with Gasteiger partial charge < -0.3 is 19.7 Å². The van der Waals surface area contributed by atoms with Crippen molar-refractivity contribution in [1.82, 2.24) is 5.32 Å². The molecule has 0 saturated heterocycles. The number of carbonyl (C=O) groups is 1. The van der Waals surface area contributed by atoms with Crippen LogP contribution in [0.1, 0.15) is 11.1 Å². The molecule has 1 aliphatic rings. The molecule has 0 fully saturated rings. The minimum Gasteiger partial charge on any atom is -0.493 e. The summed E-state index contributed by atoms with van der Waals surface area (Å²) in [4.78, 5) is 14.5. The van der Waals surface area contributed by atoms with E-state index in [0.29, 0.717) is 24.5 Å². The number of methoxy groups -OCH3 is 2. The Morgan fingerprint density at radius 3 is 2.48 bits per heavy atom. The second kappa shape index (κ2) is 7.30. The number of benzene rings is 2. The van der Waals surface area contributed by atoms with Crippen molar-refractivity contribution in [3.8, 4) is 11.5 Å². The van der Waals surface area contributed by atoms with Crippen LogP contribution in [0.4, 0.5) is 5.69 Å². The van der Waals surface area contributed by atoms with Crippen molar-refractivity contribution >= 4 is 11.6 Å². The summed E-state index contributed by atoms with van der Waals surface area (Å²) in [5.41, 5.74) is 3.84. The van der Waals surface area contributed by atoms with Crippen molar-refractivity contribution in [3.05, 3.63) is 65.4 Å². The van der Waals surface area contributed by atoms with Gasteiger partial charge in [-0.1, -0.05) is 30.3 Å². The van der Waals surface area contributed by atoms with E-state index < -0.39 is 0 Å². The maximum Gasteiger partial charge on any atom is 0.249 e. The standard InChI is InChI=1S/C20H22N2O3/c1-22-13-16(20(23)21-12-14-7-5-4-6-8-14)9-15-10-18(24-2)19(25-3)11-17(15)22/h4-8,10-11,13H,9,12H2,1-3H3,(H,21,23)/i1-1. The molecule has 1 aliphatic heterocycles. The molecule has 0 atom stereocenters. The summed E-state index contributed by atoms with van der Waals surface area (Å²) in [7, 11) is 5.15. The van der Waals surface area contributed by atoms with Gasteiger partial charge in [-0.05, 0) is 17.2 Å². The average molecular weight is 337 g/mol. The summed E-state index contributed by atoms with van der Waals surface area (Å²) in [6, 6.07) is 13.7. The fourth-order valence-electron chi connectivity index (χ4n) is 2.97. The number of nitrogens with zero attached hydrogens (tertiary/aromatic N) is 1. The molecule has 0 spiro atoms. The molecule has 0 aliphatic carbocycles. The Kier molecular flexibility index (Phi) is 4.93. The lowest BCUT2D eigenvalue weighted by Gasteiger charge is -2.27. The molecule has 1 amide bonds. The van der Waals surface area contributed by atoms with Crippen LogP contribution in [0.15, 0.2) is 54.2 Å². The Morgan fingerprint density at radius 1 is 1.12 bits per heavy atom. The smallest absolute Gasteiger partial charge is 0.249 e. The average Bonchev–Trinajstić information content (AvgIpc) is 2.65. The van der Waals surface area contributed by atoms with Crippen molar-refractivity contribution in [2.75, 3.05) is 26.2 Å². The molecule has 0 saturated carbocycles. The monoisotopic (exact) mass is 337 g/mol. The van der Waals surface area contributed by atoms with Crippen molar-refractivity contribution in [1.29, 1.82) is 0 Å². The molecule has 3 rings (SSSR count). The van der Waals surface area contributed by atoms with Crippen LogP contribution in [0.3, 0.4) is 0 Å². The predicted octanol–water partition coefficient (Wildman–Crippen LogP) is 2.90. The van der Waals surface area contributed by atoms with Crippen molar-refractivity contribution in [2.24, 2.45) is 0 Å². The van der Waals surface area contributed by atoms with Crippen LogP contribution in [-0.2, 0) is 17.8 Å². The number of ether oxygens (including phenoxy) is 2. The highest BCUT2D eigenvalue weighted by molar-refractivity contribution is 5.95. The van der Waals surface area contributed by atoms with Crippen molar-refractivity contribution in [2.45, 2.75) is 13.0 Å². The molecule has 1 heterocycles. The Hall–Kier alpha value is -2.95. The van der Waals surface area contributed by atoms with E-state index in [-0.39, 0.29) is 5.91 Å². The van der Waals surface area contributed by atoms with Gasteiger partial charge in [-0.15, -0.1) is 0 Å². The first-order valence-electron chi connectivity index (χ1n) is 8.13. The van der Waals surface area contributed by atoms with Crippen LogP contribution in [-0.4, -0.2) is 27.2 Å². The SMILES string of the molecule is COc1cc2c(cc1OC)N([11CH3])C=C(C(=O)NCc1ccccc1)C2. The zero-order valence-electron chi connectivity index (χ0n) is 14.7. The molecule has 0 aromatic heterocycles. The first-order valence-corrected chi connectivity index (χ1v) is 8.13. The lowest BCUT2D eigenvalue weighted by molar-refractivity contribution is -0.117. The fraction of sp³-hybridized carbons (Fsp3) is 0.250. The van der Waals surface area contributed by atoms with Crippen LogP contribution in [0.5, 0.6) is 11.5 Å². The molecule has 0 bridgehead atoms. The first kappa shape index (κ1) is 16.9. The Balaban J connectivity index is 1.76. The topological polar surface area (TPSA) is 50.8 Å². The van der Waals surface area contributed by atoms with Gasteiger partial charge in [0.1, 0.15) is 0 Å². The maximum absolute atomic E-state index is 12.5. The van der Waals surface area contributed by atoms with Gasteiger partial charge in [0.15, 0.2) is 11.5 Å². The largest absolute Gasteiger partial charge is 0.493 e. The summed E-state index contributed by atoms with van der Waals surface area (Å²) in [6.07, 6.45) is 2.43. The summed E-state index contributed by atoms with van der Waals surface area (Å²) in [5.74, 6) is 1.29. The zero-order valence-corrected chi connectivity index (χ0v) is 14.7. The van der Waals surface area contributed by atoms with Gasteiger partial charge in [0.25, 0.3) is 0 Å². The van der Waals surface area contributed by atoms with E-state index in [1.54, 1.807) is 14.2 Å². The highest BCUT2D eigenvalue weighted by Gasteiger charge is 2.22. The number of hydrogen-bond acceptors (Lipinski definition) is 4. The van der Waals surface area contributed by atoms with Gasteiger partial charge >= 0.3 is 0 Å². The molecular formula is C20H22N2O3. The molecule has 1 N–H and O–H groups in total.